The summed E-state index contributed by atoms with van der Waals surface area (Å²) in [6.45, 7) is 7.13. The Labute approximate surface area is 157 Å². The number of anilines is 1. The van der Waals surface area contributed by atoms with Crippen LogP contribution in [0.2, 0.25) is 0 Å². The largest absolute Gasteiger partial charge is 0.479 e. The molecular weight excluding hydrogens is 344 g/mol. The molecule has 3 rings (SSSR count). The number of aromatic nitrogens is 3. The summed E-state index contributed by atoms with van der Waals surface area (Å²) in [7, 11) is 0. The van der Waals surface area contributed by atoms with Crippen LogP contribution in [0.3, 0.4) is 0 Å². The molecule has 2 N–H and O–H groups in total. The van der Waals surface area contributed by atoms with Crippen LogP contribution in [0.25, 0.3) is 10.9 Å². The fraction of sp³-hybridized carbons (Fsp3) is 0.300. The summed E-state index contributed by atoms with van der Waals surface area (Å²) >= 11 is 0. The molecule has 7 heteroatoms. The first-order chi connectivity index (χ1) is 12.7. The number of para-hydroxylation sites is 1. The maximum Gasteiger partial charge on any atom is 0.331 e. The average Bonchev–Trinajstić information content (AvgIpc) is 3.09. The van der Waals surface area contributed by atoms with Crippen molar-refractivity contribution in [1.29, 1.82) is 0 Å². The fourth-order valence-electron chi connectivity index (χ4n) is 2.67. The second-order valence-electron chi connectivity index (χ2n) is 7.26. The van der Waals surface area contributed by atoms with Crippen LogP contribution in [-0.4, -0.2) is 31.7 Å². The normalized spacial score (nSPS) is 11.7. The summed E-state index contributed by atoms with van der Waals surface area (Å²) in [5.74, 6) is -1.12. The quantitative estimate of drug-likeness (QED) is 0.719. The highest BCUT2D eigenvalue weighted by atomic mass is 16.4. The molecule has 0 aliphatic carbocycles. The highest BCUT2D eigenvalue weighted by Gasteiger charge is 2.30. The monoisotopic (exact) mass is 366 g/mol. The third-order valence-corrected chi connectivity index (χ3v) is 4.51. The zero-order chi connectivity index (χ0) is 19.8. The predicted octanol–water partition coefficient (Wildman–Crippen LogP) is 3.63. The van der Waals surface area contributed by atoms with Crippen LogP contribution in [0.1, 0.15) is 49.7 Å². The number of carbonyl (C=O) groups is 2. The molecule has 0 atom stereocenters. The van der Waals surface area contributed by atoms with E-state index in [1.807, 2.05) is 38.1 Å². The minimum Gasteiger partial charge on any atom is -0.479 e. The van der Waals surface area contributed by atoms with E-state index in [0.29, 0.717) is 11.3 Å². The molecule has 0 unspecified atom stereocenters. The highest BCUT2D eigenvalue weighted by Crippen LogP contribution is 2.24. The molecule has 27 heavy (non-hydrogen) atoms. The van der Waals surface area contributed by atoms with Crippen LogP contribution in [0.15, 0.2) is 42.7 Å². The van der Waals surface area contributed by atoms with Gasteiger partial charge in [-0.05, 0) is 31.9 Å². The number of nitrogens with one attached hydrogen (secondary N) is 1. The second kappa shape index (κ2) is 6.83. The molecular formula is C20H22N4O3. The van der Waals surface area contributed by atoms with Gasteiger partial charge in [0, 0.05) is 17.3 Å². The lowest BCUT2D eigenvalue weighted by molar-refractivity contribution is -0.146. The molecule has 140 valence electrons. The van der Waals surface area contributed by atoms with Crippen LogP contribution in [0.5, 0.6) is 0 Å². The lowest BCUT2D eigenvalue weighted by Gasteiger charge is -2.19. The molecule has 0 spiro atoms. The number of hydrogen-bond acceptors (Lipinski definition) is 4. The maximum atomic E-state index is 12.9. The number of pyridine rings is 1. The third-order valence-electron chi connectivity index (χ3n) is 4.51. The van der Waals surface area contributed by atoms with E-state index < -0.39 is 11.5 Å². The van der Waals surface area contributed by atoms with E-state index >= 15 is 0 Å². The Morgan fingerprint density at radius 2 is 1.93 bits per heavy atom. The van der Waals surface area contributed by atoms with Gasteiger partial charge in [0.1, 0.15) is 0 Å². The number of amides is 1. The van der Waals surface area contributed by atoms with Gasteiger partial charge in [-0.2, -0.15) is 5.10 Å². The predicted molar refractivity (Wildman–Crippen MR) is 103 cm³/mol. The van der Waals surface area contributed by atoms with Gasteiger partial charge in [-0.1, -0.05) is 32.0 Å². The van der Waals surface area contributed by atoms with Crippen LogP contribution in [0, 0.1) is 0 Å². The number of carbonyl (C=O) groups excluding carboxylic acids is 1. The molecule has 3 aromatic rings. The number of carboxylic acid groups (broad SMARTS) is 1. The SMILES string of the molecule is CC(C)c1cc(C(=O)Nc2cnn(C(C)(C)C(=O)O)c2)c2ccccc2n1. The van der Waals surface area contributed by atoms with Gasteiger partial charge in [-0.25, -0.2) is 4.79 Å². The Balaban J connectivity index is 1.95. The number of fused-ring (bicyclic) bond motifs is 1. The van der Waals surface area contributed by atoms with Crippen LogP contribution in [0.4, 0.5) is 5.69 Å². The van der Waals surface area contributed by atoms with E-state index in [-0.39, 0.29) is 11.8 Å². The van der Waals surface area contributed by atoms with E-state index in [0.717, 1.165) is 16.6 Å². The number of rotatable bonds is 5. The van der Waals surface area contributed by atoms with Crippen molar-refractivity contribution in [3.63, 3.8) is 0 Å². The molecule has 0 radical (unpaired) electrons. The minimum atomic E-state index is -1.21. The van der Waals surface area contributed by atoms with Gasteiger partial charge in [0.15, 0.2) is 5.54 Å². The van der Waals surface area contributed by atoms with Gasteiger partial charge in [-0.15, -0.1) is 0 Å². The molecule has 2 heterocycles. The summed E-state index contributed by atoms with van der Waals surface area (Å²) in [6.07, 6.45) is 2.95. The summed E-state index contributed by atoms with van der Waals surface area (Å²) < 4.78 is 1.31. The minimum absolute atomic E-state index is 0.181. The zero-order valence-corrected chi connectivity index (χ0v) is 15.7. The Kier molecular flexibility index (Phi) is 4.70. The summed E-state index contributed by atoms with van der Waals surface area (Å²) in [4.78, 5) is 28.9. The van der Waals surface area contributed by atoms with Gasteiger partial charge in [0.05, 0.1) is 23.0 Å². The molecule has 1 amide bonds. The first-order valence-corrected chi connectivity index (χ1v) is 8.69. The van der Waals surface area contributed by atoms with E-state index in [1.54, 1.807) is 19.9 Å². The average molecular weight is 366 g/mol. The number of nitrogens with zero attached hydrogens (tertiary/aromatic N) is 3. The molecule has 0 bridgehead atoms. The summed E-state index contributed by atoms with van der Waals surface area (Å²) in [5, 5.41) is 16.9. The first kappa shape index (κ1) is 18.6. The number of carboxylic acids is 1. The number of benzene rings is 1. The lowest BCUT2D eigenvalue weighted by atomic mass is 10.0. The van der Waals surface area contributed by atoms with Crippen LogP contribution >= 0.6 is 0 Å². The van der Waals surface area contributed by atoms with Gasteiger partial charge in [-0.3, -0.25) is 14.5 Å². The number of aliphatic carboxylic acids is 1. The van der Waals surface area contributed by atoms with Gasteiger partial charge in [0.2, 0.25) is 0 Å². The van der Waals surface area contributed by atoms with Crippen molar-refractivity contribution in [3.8, 4) is 0 Å². The smallest absolute Gasteiger partial charge is 0.331 e. The summed E-state index contributed by atoms with van der Waals surface area (Å²) in [5.41, 5.74) is 1.34. The standard InChI is InChI=1S/C20H22N4O3/c1-12(2)17-9-15(14-7-5-6-8-16(14)23-17)18(25)22-13-10-21-24(11-13)20(3,4)19(26)27/h5-12H,1-4H3,(H,22,25)(H,26,27). The van der Waals surface area contributed by atoms with E-state index in [1.165, 1.54) is 17.1 Å². The van der Waals surface area contributed by atoms with Gasteiger partial charge in [0.25, 0.3) is 5.91 Å². The van der Waals surface area contributed by atoms with Crippen molar-refractivity contribution in [1.82, 2.24) is 14.8 Å². The number of hydrogen-bond donors (Lipinski definition) is 2. The maximum absolute atomic E-state index is 12.9. The van der Waals surface area contributed by atoms with Crippen molar-refractivity contribution in [2.24, 2.45) is 0 Å². The van der Waals surface area contributed by atoms with Gasteiger partial charge < -0.3 is 10.4 Å². The van der Waals surface area contributed by atoms with E-state index in [2.05, 4.69) is 15.4 Å². The lowest BCUT2D eigenvalue weighted by Crippen LogP contribution is -2.35. The molecule has 2 aromatic heterocycles. The third kappa shape index (κ3) is 3.53. The molecule has 0 aliphatic rings. The van der Waals surface area contributed by atoms with Crippen molar-refractivity contribution >= 4 is 28.5 Å². The van der Waals surface area contributed by atoms with Gasteiger partial charge >= 0.3 is 5.97 Å². The summed E-state index contributed by atoms with van der Waals surface area (Å²) in [6, 6.07) is 9.29. The molecule has 0 saturated heterocycles. The Morgan fingerprint density at radius 3 is 2.59 bits per heavy atom. The van der Waals surface area contributed by atoms with Crippen LogP contribution in [-0.2, 0) is 10.3 Å². The molecule has 0 fully saturated rings. The second-order valence-corrected chi connectivity index (χ2v) is 7.26. The van der Waals surface area contributed by atoms with E-state index in [9.17, 15) is 14.7 Å². The molecule has 0 aliphatic heterocycles. The Hall–Kier alpha value is -3.22. The first-order valence-electron chi connectivity index (χ1n) is 8.69. The molecule has 1 aromatic carbocycles. The van der Waals surface area contributed by atoms with Crippen molar-refractivity contribution in [2.45, 2.75) is 39.2 Å². The highest BCUT2D eigenvalue weighted by molar-refractivity contribution is 6.12. The molecule has 0 saturated carbocycles. The Bertz CT molecular complexity index is 1020. The fourth-order valence-corrected chi connectivity index (χ4v) is 2.67. The van der Waals surface area contributed by atoms with Crippen molar-refractivity contribution in [3.05, 3.63) is 54.0 Å². The Morgan fingerprint density at radius 1 is 1.22 bits per heavy atom. The zero-order valence-electron chi connectivity index (χ0n) is 15.7. The topological polar surface area (TPSA) is 97.1 Å². The van der Waals surface area contributed by atoms with E-state index in [4.69, 9.17) is 0 Å². The van der Waals surface area contributed by atoms with Crippen molar-refractivity contribution < 1.29 is 14.7 Å². The molecule has 7 nitrogen and oxygen atoms in total. The van der Waals surface area contributed by atoms with Crippen LogP contribution < -0.4 is 5.32 Å². The van der Waals surface area contributed by atoms with Crippen molar-refractivity contribution in [2.75, 3.05) is 5.32 Å².